The van der Waals surface area contributed by atoms with Crippen LogP contribution in [0.4, 0.5) is 10.1 Å². The highest BCUT2D eigenvalue weighted by atomic mass is 79.9. The number of carbonyl (C=O) groups is 1. The highest BCUT2D eigenvalue weighted by Gasteiger charge is 2.11. The number of nitrogens with one attached hydrogen (secondary N) is 1. The lowest BCUT2D eigenvalue weighted by Gasteiger charge is -2.11. The van der Waals surface area contributed by atoms with Crippen molar-refractivity contribution in [2.45, 2.75) is 19.8 Å². The van der Waals surface area contributed by atoms with E-state index in [0.29, 0.717) is 40.1 Å². The second-order valence-corrected chi connectivity index (χ2v) is 8.60. The number of fused-ring (bicyclic) bond motifs is 1. The number of anilines is 1. The van der Waals surface area contributed by atoms with Crippen LogP contribution in [0.25, 0.3) is 10.9 Å². The molecule has 1 aromatic heterocycles. The number of ether oxygens (including phenoxy) is 1. The molecule has 4 aromatic rings. The van der Waals surface area contributed by atoms with Crippen molar-refractivity contribution in [2.24, 2.45) is 5.10 Å². The van der Waals surface area contributed by atoms with Gasteiger partial charge in [-0.25, -0.2) is 9.37 Å². The van der Waals surface area contributed by atoms with Gasteiger partial charge < -0.3 is 10.1 Å². The lowest BCUT2D eigenvalue weighted by Crippen LogP contribution is -2.22. The van der Waals surface area contributed by atoms with E-state index in [-0.39, 0.29) is 12.2 Å². The normalized spacial score (nSPS) is 11.2. The summed E-state index contributed by atoms with van der Waals surface area (Å²) in [5.41, 5.74) is 1.26. The zero-order chi connectivity index (χ0) is 24.8. The van der Waals surface area contributed by atoms with Crippen molar-refractivity contribution >= 4 is 44.6 Å². The fraction of sp³-hybridized carbons (Fsp3) is 0.154. The molecule has 35 heavy (non-hydrogen) atoms. The van der Waals surface area contributed by atoms with Crippen molar-refractivity contribution in [1.82, 2.24) is 9.66 Å². The first kappa shape index (κ1) is 24.3. The summed E-state index contributed by atoms with van der Waals surface area (Å²) in [6, 6.07) is 18.0. The Hall–Kier alpha value is -3.85. The number of amides is 1. The van der Waals surface area contributed by atoms with E-state index < -0.39 is 11.7 Å². The van der Waals surface area contributed by atoms with Crippen LogP contribution in [0.2, 0.25) is 0 Å². The van der Waals surface area contributed by atoms with Gasteiger partial charge in [-0.05, 0) is 55.0 Å². The summed E-state index contributed by atoms with van der Waals surface area (Å²) in [6.07, 6.45) is 2.88. The van der Waals surface area contributed by atoms with Crippen LogP contribution in [0.3, 0.4) is 0 Å². The smallest absolute Gasteiger partial charge is 0.282 e. The minimum atomic E-state index is -0.446. The van der Waals surface area contributed by atoms with E-state index in [1.807, 2.05) is 13.0 Å². The van der Waals surface area contributed by atoms with E-state index in [9.17, 15) is 14.0 Å². The van der Waals surface area contributed by atoms with E-state index in [0.717, 1.165) is 10.9 Å². The van der Waals surface area contributed by atoms with Gasteiger partial charge in [-0.1, -0.05) is 41.1 Å². The lowest BCUT2D eigenvalue weighted by molar-refractivity contribution is -0.118. The molecule has 0 aliphatic heterocycles. The van der Waals surface area contributed by atoms with Crippen molar-refractivity contribution in [3.8, 4) is 5.75 Å². The summed E-state index contributed by atoms with van der Waals surface area (Å²) >= 11 is 3.40. The van der Waals surface area contributed by atoms with Gasteiger partial charge in [0, 0.05) is 22.1 Å². The van der Waals surface area contributed by atoms with Crippen LogP contribution < -0.4 is 15.6 Å². The molecule has 1 amide bonds. The highest BCUT2D eigenvalue weighted by Crippen LogP contribution is 2.18. The predicted octanol–water partition coefficient (Wildman–Crippen LogP) is 5.15. The van der Waals surface area contributed by atoms with Gasteiger partial charge in [0.1, 0.15) is 17.4 Å². The van der Waals surface area contributed by atoms with Crippen molar-refractivity contribution in [2.75, 3.05) is 11.9 Å². The molecule has 0 atom stereocenters. The number of halogens is 2. The number of nitrogens with zero attached hydrogens (tertiary/aromatic N) is 3. The molecule has 0 radical (unpaired) electrons. The molecule has 4 rings (SSSR count). The molecule has 1 N–H and O–H groups in total. The Kier molecular flexibility index (Phi) is 7.67. The molecule has 0 fully saturated rings. The van der Waals surface area contributed by atoms with Crippen molar-refractivity contribution in [1.29, 1.82) is 0 Å². The fourth-order valence-corrected chi connectivity index (χ4v) is 3.81. The summed E-state index contributed by atoms with van der Waals surface area (Å²) in [6.45, 7) is 1.72. The van der Waals surface area contributed by atoms with E-state index in [2.05, 4.69) is 31.3 Å². The minimum Gasteiger partial charge on any atom is -0.483 e. The molecule has 0 aliphatic rings. The van der Waals surface area contributed by atoms with Gasteiger partial charge in [-0.15, -0.1) is 0 Å². The molecule has 7 nitrogen and oxygen atoms in total. The molecule has 0 bridgehead atoms. The van der Waals surface area contributed by atoms with Crippen LogP contribution in [0, 0.1) is 5.82 Å². The number of para-hydroxylation sites is 1. The van der Waals surface area contributed by atoms with Crippen LogP contribution in [-0.2, 0) is 11.2 Å². The predicted molar refractivity (Wildman–Crippen MR) is 138 cm³/mol. The number of hydrogen-bond donors (Lipinski definition) is 1. The van der Waals surface area contributed by atoms with Crippen LogP contribution in [-0.4, -0.2) is 28.4 Å². The summed E-state index contributed by atoms with van der Waals surface area (Å²) in [5, 5.41) is 7.46. The van der Waals surface area contributed by atoms with Gasteiger partial charge in [0.25, 0.3) is 11.5 Å². The van der Waals surface area contributed by atoms with E-state index >= 15 is 0 Å². The van der Waals surface area contributed by atoms with Gasteiger partial charge in [0.15, 0.2) is 6.61 Å². The van der Waals surface area contributed by atoms with Gasteiger partial charge in [0.05, 0.1) is 17.1 Å². The molecular weight excluding hydrogens is 515 g/mol. The Morgan fingerprint density at radius 2 is 2.00 bits per heavy atom. The number of carbonyl (C=O) groups excluding carboxylic acids is 1. The van der Waals surface area contributed by atoms with Crippen LogP contribution in [0.15, 0.2) is 81.1 Å². The first-order chi connectivity index (χ1) is 16.9. The van der Waals surface area contributed by atoms with Gasteiger partial charge in [-0.2, -0.15) is 9.78 Å². The summed E-state index contributed by atoms with van der Waals surface area (Å²) in [4.78, 5) is 30.0. The Morgan fingerprint density at radius 3 is 2.80 bits per heavy atom. The quantitative estimate of drug-likeness (QED) is 0.315. The monoisotopic (exact) mass is 536 g/mol. The third kappa shape index (κ3) is 5.99. The lowest BCUT2D eigenvalue weighted by atomic mass is 10.2. The minimum absolute atomic E-state index is 0.274. The largest absolute Gasteiger partial charge is 0.483 e. The molecule has 0 unspecified atom stereocenters. The third-order valence-corrected chi connectivity index (χ3v) is 5.54. The molecule has 0 spiro atoms. The molecule has 0 aliphatic carbocycles. The Balaban J connectivity index is 1.57. The SMILES string of the molecule is CCCc1nc2ccc(Br)cc2c(=O)n1N=Cc1ccccc1OCC(=O)Nc1cccc(F)c1. The second kappa shape index (κ2) is 11.1. The van der Waals surface area contributed by atoms with Gasteiger partial charge in [0.2, 0.25) is 0 Å². The molecule has 9 heteroatoms. The summed E-state index contributed by atoms with van der Waals surface area (Å²) < 4.78 is 21.1. The Labute approximate surface area is 209 Å². The molecular formula is C26H22BrFN4O3. The topological polar surface area (TPSA) is 85.6 Å². The maximum absolute atomic E-state index is 13.3. The van der Waals surface area contributed by atoms with Crippen LogP contribution in [0.5, 0.6) is 5.75 Å². The number of aromatic nitrogens is 2. The maximum atomic E-state index is 13.3. The van der Waals surface area contributed by atoms with Crippen molar-refractivity contribution in [3.63, 3.8) is 0 Å². The first-order valence-corrected chi connectivity index (χ1v) is 11.8. The molecule has 178 valence electrons. The molecule has 0 saturated heterocycles. The summed E-state index contributed by atoms with van der Waals surface area (Å²) in [7, 11) is 0. The zero-order valence-corrected chi connectivity index (χ0v) is 20.5. The van der Waals surface area contributed by atoms with Crippen LogP contribution in [0.1, 0.15) is 24.7 Å². The average molecular weight is 537 g/mol. The highest BCUT2D eigenvalue weighted by molar-refractivity contribution is 9.10. The van der Waals surface area contributed by atoms with E-state index in [1.54, 1.807) is 42.5 Å². The number of hydrogen-bond acceptors (Lipinski definition) is 5. The van der Waals surface area contributed by atoms with Gasteiger partial charge in [-0.3, -0.25) is 9.59 Å². The molecule has 1 heterocycles. The molecule has 0 saturated carbocycles. The maximum Gasteiger partial charge on any atom is 0.282 e. The van der Waals surface area contributed by atoms with E-state index in [4.69, 9.17) is 4.74 Å². The van der Waals surface area contributed by atoms with Crippen LogP contribution >= 0.6 is 15.9 Å². The Bertz CT molecular complexity index is 1470. The molecule has 3 aromatic carbocycles. The number of rotatable bonds is 8. The van der Waals surface area contributed by atoms with Crippen molar-refractivity contribution in [3.05, 3.63) is 98.8 Å². The average Bonchev–Trinajstić information content (AvgIpc) is 2.84. The standard InChI is InChI=1S/C26H22BrFN4O3/c1-2-6-24-31-22-12-11-18(27)13-21(22)26(34)32(24)29-15-17-7-3-4-10-23(17)35-16-25(33)30-20-9-5-8-19(28)14-20/h3-5,7-15H,2,6,16H2,1H3,(H,30,33). The Morgan fingerprint density at radius 1 is 1.17 bits per heavy atom. The fourth-order valence-electron chi connectivity index (χ4n) is 3.44. The second-order valence-electron chi connectivity index (χ2n) is 7.69. The van der Waals surface area contributed by atoms with Gasteiger partial charge >= 0.3 is 0 Å². The third-order valence-electron chi connectivity index (χ3n) is 5.05. The number of aryl methyl sites for hydroxylation is 1. The zero-order valence-electron chi connectivity index (χ0n) is 18.9. The number of benzene rings is 3. The first-order valence-electron chi connectivity index (χ1n) is 11.0. The summed E-state index contributed by atoms with van der Waals surface area (Å²) in [5.74, 6) is 0.0790. The van der Waals surface area contributed by atoms with Crippen molar-refractivity contribution < 1.29 is 13.9 Å². The van der Waals surface area contributed by atoms with E-state index in [1.165, 1.54) is 29.1 Å².